The Bertz CT molecular complexity index is 526. The molecule has 21 heavy (non-hydrogen) atoms. The van der Waals surface area contributed by atoms with Crippen LogP contribution in [0.25, 0.3) is 0 Å². The fraction of sp³-hybridized carbons (Fsp3) is 0.611. The molecule has 2 aliphatic rings. The molecule has 1 aromatic carbocycles. The zero-order valence-electron chi connectivity index (χ0n) is 13.1. The highest BCUT2D eigenvalue weighted by atomic mass is 16.1. The smallest absolute Gasteiger partial charge is 0.224 e. The van der Waals surface area contributed by atoms with Crippen molar-refractivity contribution in [3.05, 3.63) is 34.9 Å². The zero-order valence-corrected chi connectivity index (χ0v) is 13.1. The number of carbonyl (C=O) groups excluding carboxylic acids is 1. The van der Waals surface area contributed by atoms with Crippen LogP contribution in [0.3, 0.4) is 0 Å². The summed E-state index contributed by atoms with van der Waals surface area (Å²) in [5.41, 5.74) is 3.66. The van der Waals surface area contributed by atoms with Crippen LogP contribution < -0.4 is 10.6 Å². The van der Waals surface area contributed by atoms with E-state index in [1.165, 1.54) is 24.1 Å². The molecular weight excluding hydrogens is 260 g/mol. The molecule has 1 heterocycles. The maximum atomic E-state index is 12.2. The summed E-state index contributed by atoms with van der Waals surface area (Å²) in [4.78, 5) is 12.2. The molecule has 2 fully saturated rings. The van der Waals surface area contributed by atoms with Gasteiger partial charge in [-0.1, -0.05) is 18.2 Å². The minimum Gasteiger partial charge on any atom is -0.353 e. The van der Waals surface area contributed by atoms with E-state index in [1.807, 2.05) is 0 Å². The molecule has 1 aliphatic heterocycles. The summed E-state index contributed by atoms with van der Waals surface area (Å²) in [5.74, 6) is 1.79. The Labute approximate surface area is 127 Å². The Balaban J connectivity index is 1.53. The number of aryl methyl sites for hydroxylation is 2. The summed E-state index contributed by atoms with van der Waals surface area (Å²) in [6.45, 7) is 6.51. The normalized spacial score (nSPS) is 28.2. The lowest BCUT2D eigenvalue weighted by Gasteiger charge is -2.31. The summed E-state index contributed by atoms with van der Waals surface area (Å²) < 4.78 is 0. The van der Waals surface area contributed by atoms with Gasteiger partial charge in [0.15, 0.2) is 0 Å². The molecule has 0 aromatic heterocycles. The van der Waals surface area contributed by atoms with Gasteiger partial charge in [0.05, 0.1) is 6.42 Å². The molecule has 1 saturated heterocycles. The summed E-state index contributed by atoms with van der Waals surface area (Å²) in [6.07, 6.45) is 4.05. The van der Waals surface area contributed by atoms with E-state index in [2.05, 4.69) is 42.7 Å². The van der Waals surface area contributed by atoms with E-state index in [4.69, 9.17) is 0 Å². The minimum absolute atomic E-state index is 0.174. The summed E-state index contributed by atoms with van der Waals surface area (Å²) in [5, 5.41) is 6.72. The van der Waals surface area contributed by atoms with Crippen molar-refractivity contribution in [2.75, 3.05) is 13.1 Å². The van der Waals surface area contributed by atoms with Crippen LogP contribution in [0.2, 0.25) is 0 Å². The molecule has 114 valence electrons. The molecule has 0 bridgehead atoms. The van der Waals surface area contributed by atoms with Crippen LogP contribution in [0.15, 0.2) is 18.2 Å². The average Bonchev–Trinajstić information content (AvgIpc) is 2.90. The van der Waals surface area contributed by atoms with Crippen LogP contribution in [-0.2, 0) is 11.2 Å². The first-order chi connectivity index (χ1) is 10.1. The average molecular weight is 286 g/mol. The third-order valence-corrected chi connectivity index (χ3v) is 5.25. The van der Waals surface area contributed by atoms with Gasteiger partial charge in [0.1, 0.15) is 0 Å². The molecule has 3 nitrogen and oxygen atoms in total. The van der Waals surface area contributed by atoms with Gasteiger partial charge in [0.2, 0.25) is 5.91 Å². The molecule has 2 N–H and O–H groups in total. The van der Waals surface area contributed by atoms with Crippen molar-refractivity contribution in [1.82, 2.24) is 10.6 Å². The summed E-state index contributed by atoms with van der Waals surface area (Å²) in [7, 11) is 0. The van der Waals surface area contributed by atoms with Gasteiger partial charge in [0.25, 0.3) is 0 Å². The maximum absolute atomic E-state index is 12.2. The van der Waals surface area contributed by atoms with Crippen molar-refractivity contribution in [3.63, 3.8) is 0 Å². The van der Waals surface area contributed by atoms with Gasteiger partial charge in [-0.3, -0.25) is 4.79 Å². The van der Waals surface area contributed by atoms with E-state index in [9.17, 15) is 4.79 Å². The molecular formula is C18H26N2O. The highest BCUT2D eigenvalue weighted by molar-refractivity contribution is 5.79. The fourth-order valence-electron chi connectivity index (χ4n) is 3.81. The molecule has 1 saturated carbocycles. The molecule has 1 unspecified atom stereocenters. The number of hydrogen-bond acceptors (Lipinski definition) is 2. The van der Waals surface area contributed by atoms with E-state index in [1.54, 1.807) is 0 Å². The lowest BCUT2D eigenvalue weighted by Crippen LogP contribution is -2.41. The van der Waals surface area contributed by atoms with Crippen molar-refractivity contribution < 1.29 is 4.79 Å². The van der Waals surface area contributed by atoms with Crippen LogP contribution >= 0.6 is 0 Å². The number of nitrogens with one attached hydrogen (secondary N) is 2. The quantitative estimate of drug-likeness (QED) is 0.895. The van der Waals surface area contributed by atoms with E-state index in [-0.39, 0.29) is 5.91 Å². The highest BCUT2D eigenvalue weighted by Crippen LogP contribution is 2.32. The lowest BCUT2D eigenvalue weighted by atomic mass is 9.79. The van der Waals surface area contributed by atoms with E-state index in [0.29, 0.717) is 12.5 Å². The van der Waals surface area contributed by atoms with Gasteiger partial charge < -0.3 is 10.6 Å². The number of benzene rings is 1. The Morgan fingerprint density at radius 2 is 2.00 bits per heavy atom. The first-order valence-corrected chi connectivity index (χ1v) is 8.18. The van der Waals surface area contributed by atoms with E-state index < -0.39 is 0 Å². The molecule has 3 rings (SSSR count). The molecule has 0 spiro atoms. The highest BCUT2D eigenvalue weighted by Gasteiger charge is 2.34. The second kappa shape index (κ2) is 6.18. The lowest BCUT2D eigenvalue weighted by molar-refractivity contribution is -0.121. The van der Waals surface area contributed by atoms with Crippen molar-refractivity contribution in [2.24, 2.45) is 11.8 Å². The van der Waals surface area contributed by atoms with Gasteiger partial charge in [-0.15, -0.1) is 0 Å². The van der Waals surface area contributed by atoms with Crippen LogP contribution in [0.5, 0.6) is 0 Å². The Morgan fingerprint density at radius 1 is 1.19 bits per heavy atom. The van der Waals surface area contributed by atoms with Crippen molar-refractivity contribution in [1.29, 1.82) is 0 Å². The van der Waals surface area contributed by atoms with Crippen molar-refractivity contribution in [3.8, 4) is 0 Å². The van der Waals surface area contributed by atoms with Gasteiger partial charge in [0, 0.05) is 6.04 Å². The van der Waals surface area contributed by atoms with Crippen LogP contribution in [-0.4, -0.2) is 25.0 Å². The predicted octanol–water partition coefficient (Wildman–Crippen LogP) is 2.35. The van der Waals surface area contributed by atoms with Gasteiger partial charge in [-0.2, -0.15) is 0 Å². The number of carbonyl (C=O) groups is 1. The van der Waals surface area contributed by atoms with Crippen LogP contribution in [0, 0.1) is 25.7 Å². The maximum Gasteiger partial charge on any atom is 0.224 e. The topological polar surface area (TPSA) is 41.1 Å². The molecule has 1 aromatic rings. The molecule has 3 atom stereocenters. The third-order valence-electron chi connectivity index (χ3n) is 5.25. The Morgan fingerprint density at radius 3 is 2.81 bits per heavy atom. The second-order valence-corrected chi connectivity index (χ2v) is 6.85. The minimum atomic E-state index is 0.174. The largest absolute Gasteiger partial charge is 0.353 e. The van der Waals surface area contributed by atoms with Crippen LogP contribution in [0.1, 0.15) is 36.0 Å². The Hall–Kier alpha value is -1.35. The molecule has 1 amide bonds. The van der Waals surface area contributed by atoms with Crippen LogP contribution in [0.4, 0.5) is 0 Å². The second-order valence-electron chi connectivity index (χ2n) is 6.85. The zero-order chi connectivity index (χ0) is 14.8. The number of fused-ring (bicyclic) bond motifs is 1. The number of hydrogen-bond donors (Lipinski definition) is 2. The summed E-state index contributed by atoms with van der Waals surface area (Å²) in [6, 6.07) is 6.69. The van der Waals surface area contributed by atoms with Gasteiger partial charge in [-0.05, 0) is 74.7 Å². The number of rotatable bonds is 3. The Kier molecular flexibility index (Phi) is 4.29. The summed E-state index contributed by atoms with van der Waals surface area (Å²) >= 11 is 0. The predicted molar refractivity (Wildman–Crippen MR) is 85.3 cm³/mol. The molecule has 0 radical (unpaired) electrons. The van der Waals surface area contributed by atoms with E-state index in [0.717, 1.165) is 36.8 Å². The molecule has 1 aliphatic carbocycles. The first-order valence-electron chi connectivity index (χ1n) is 8.18. The molecule has 3 heteroatoms. The van der Waals surface area contributed by atoms with Crippen molar-refractivity contribution >= 4 is 5.91 Å². The van der Waals surface area contributed by atoms with E-state index >= 15 is 0 Å². The standard InChI is InChI=1S/C18H26N2O/c1-12-3-4-14(7-13(12)2)8-18(21)20-17-6-5-15-10-19-11-16(15)9-17/h3-4,7,15-17,19H,5-6,8-11H2,1-2H3,(H,20,21)/t15-,16+,17?/m0/s1. The van der Waals surface area contributed by atoms with Crippen molar-refractivity contribution in [2.45, 2.75) is 45.6 Å². The number of amides is 1. The monoisotopic (exact) mass is 286 g/mol. The fourth-order valence-corrected chi connectivity index (χ4v) is 3.81. The third kappa shape index (κ3) is 3.46. The SMILES string of the molecule is Cc1ccc(CC(=O)NC2CC[C@H]3CNC[C@H]3C2)cc1C. The van der Waals surface area contributed by atoms with Gasteiger partial charge >= 0.3 is 0 Å². The van der Waals surface area contributed by atoms with Gasteiger partial charge in [-0.25, -0.2) is 0 Å². The first kappa shape index (κ1) is 14.6.